The molecule has 1 heteroatoms. The number of hydrogen-bond acceptors (Lipinski definition) is 1. The van der Waals surface area contributed by atoms with Crippen molar-refractivity contribution < 1.29 is 0 Å². The maximum atomic E-state index is 4.02. The third-order valence-electron chi connectivity index (χ3n) is 2.30. The summed E-state index contributed by atoms with van der Waals surface area (Å²) in [6.45, 7) is 2.09. The van der Waals surface area contributed by atoms with Crippen LogP contribution >= 0.6 is 0 Å². The molecule has 0 aliphatic heterocycles. The molecule has 69 valence electrons. The Kier molecular flexibility index (Phi) is 2.59. The van der Waals surface area contributed by atoms with Crippen molar-refractivity contribution in [3.05, 3.63) is 65.5 Å². The lowest BCUT2D eigenvalue weighted by Gasteiger charge is -2.03. The fraction of sp³-hybridized carbons (Fsp3) is 0.154. The lowest BCUT2D eigenvalue weighted by molar-refractivity contribution is 1.10. The number of nitrogens with zero attached hydrogens (tertiary/aromatic N) is 1. The summed E-state index contributed by atoms with van der Waals surface area (Å²) in [6.07, 6.45) is 5.73. The predicted molar refractivity (Wildman–Crippen MR) is 57.1 cm³/mol. The minimum atomic E-state index is 0.917. The summed E-state index contributed by atoms with van der Waals surface area (Å²) in [5.41, 5.74) is 3.74. The van der Waals surface area contributed by atoms with E-state index in [1.165, 1.54) is 16.7 Å². The second kappa shape index (κ2) is 4.05. The highest BCUT2D eigenvalue weighted by atomic mass is 14.6. The predicted octanol–water partition coefficient (Wildman–Crippen LogP) is 2.78. The molecule has 0 saturated heterocycles. The second-order valence-corrected chi connectivity index (χ2v) is 3.38. The Morgan fingerprint density at radius 1 is 1.14 bits per heavy atom. The molecule has 0 aliphatic carbocycles. The molecule has 0 atom stereocenters. The summed E-state index contributed by atoms with van der Waals surface area (Å²) in [6, 6.07) is 12.4. The average molecular weight is 182 g/mol. The van der Waals surface area contributed by atoms with E-state index in [1.54, 1.807) is 6.20 Å². The van der Waals surface area contributed by atoms with Crippen molar-refractivity contribution in [1.82, 2.24) is 4.98 Å². The molecule has 2 aromatic rings. The molecule has 0 amide bonds. The van der Waals surface area contributed by atoms with Crippen molar-refractivity contribution in [2.45, 2.75) is 13.3 Å². The van der Waals surface area contributed by atoms with Gasteiger partial charge < -0.3 is 0 Å². The van der Waals surface area contributed by atoms with Gasteiger partial charge in [0.15, 0.2) is 0 Å². The van der Waals surface area contributed by atoms with E-state index in [1.807, 2.05) is 12.1 Å². The molecule has 0 spiro atoms. The van der Waals surface area contributed by atoms with E-state index in [9.17, 15) is 0 Å². The summed E-state index contributed by atoms with van der Waals surface area (Å²) in [4.78, 5) is 4.02. The SMILES string of the molecule is Cc1ccn[c]c1Cc1ccccc1. The molecule has 2 rings (SSSR count). The zero-order valence-electron chi connectivity index (χ0n) is 8.20. The molecule has 1 aromatic heterocycles. The molecule has 1 radical (unpaired) electrons. The first-order chi connectivity index (χ1) is 6.86. The van der Waals surface area contributed by atoms with Crippen molar-refractivity contribution in [2.24, 2.45) is 0 Å². The summed E-state index contributed by atoms with van der Waals surface area (Å²) in [7, 11) is 0. The highest BCUT2D eigenvalue weighted by Gasteiger charge is 1.99. The van der Waals surface area contributed by atoms with Crippen molar-refractivity contribution in [2.75, 3.05) is 0 Å². The van der Waals surface area contributed by atoms with Gasteiger partial charge in [-0.15, -0.1) is 0 Å². The minimum Gasteiger partial charge on any atom is -0.254 e. The third-order valence-corrected chi connectivity index (χ3v) is 2.30. The monoisotopic (exact) mass is 182 g/mol. The number of aryl methyl sites for hydroxylation is 1. The van der Waals surface area contributed by atoms with Gasteiger partial charge in [-0.25, -0.2) is 0 Å². The van der Waals surface area contributed by atoms with Crippen LogP contribution in [0.2, 0.25) is 0 Å². The Hall–Kier alpha value is -1.63. The molecule has 1 nitrogen and oxygen atoms in total. The molecule has 0 saturated carbocycles. The van der Waals surface area contributed by atoms with Crippen LogP contribution in [0.5, 0.6) is 0 Å². The van der Waals surface area contributed by atoms with Crippen molar-refractivity contribution >= 4 is 0 Å². The van der Waals surface area contributed by atoms with E-state index in [4.69, 9.17) is 0 Å². The number of benzene rings is 1. The normalized spacial score (nSPS) is 10.1. The van der Waals surface area contributed by atoms with Gasteiger partial charge in [0.05, 0.1) is 6.20 Å². The van der Waals surface area contributed by atoms with Gasteiger partial charge in [-0.1, -0.05) is 30.3 Å². The molecule has 14 heavy (non-hydrogen) atoms. The Morgan fingerprint density at radius 2 is 1.93 bits per heavy atom. The van der Waals surface area contributed by atoms with E-state index < -0.39 is 0 Å². The summed E-state index contributed by atoms with van der Waals surface area (Å²) < 4.78 is 0. The van der Waals surface area contributed by atoms with Gasteiger partial charge in [0.2, 0.25) is 0 Å². The Bertz CT molecular complexity index is 407. The summed E-state index contributed by atoms with van der Waals surface area (Å²) in [5.74, 6) is 0. The highest BCUT2D eigenvalue weighted by Crippen LogP contribution is 2.11. The highest BCUT2D eigenvalue weighted by molar-refractivity contribution is 5.28. The van der Waals surface area contributed by atoms with Crippen LogP contribution < -0.4 is 0 Å². The molecule has 0 aliphatic rings. The molecule has 0 N–H and O–H groups in total. The van der Waals surface area contributed by atoms with Gasteiger partial charge in [-0.3, -0.25) is 4.98 Å². The molecule has 0 fully saturated rings. The number of rotatable bonds is 2. The fourth-order valence-corrected chi connectivity index (χ4v) is 1.43. The zero-order chi connectivity index (χ0) is 9.80. The molecular formula is C13H12N. The molecule has 1 heterocycles. The maximum absolute atomic E-state index is 4.02. The zero-order valence-corrected chi connectivity index (χ0v) is 8.20. The van der Waals surface area contributed by atoms with Gasteiger partial charge in [-0.2, -0.15) is 0 Å². The Labute approximate surface area is 84.4 Å². The minimum absolute atomic E-state index is 0.917. The fourth-order valence-electron chi connectivity index (χ4n) is 1.43. The van der Waals surface area contributed by atoms with E-state index in [0.717, 1.165) is 6.42 Å². The number of aromatic nitrogens is 1. The summed E-state index contributed by atoms with van der Waals surface area (Å²) >= 11 is 0. The lowest BCUT2D eigenvalue weighted by Crippen LogP contribution is -1.92. The van der Waals surface area contributed by atoms with E-state index in [0.29, 0.717) is 0 Å². The van der Waals surface area contributed by atoms with Crippen LogP contribution in [-0.2, 0) is 6.42 Å². The number of pyridine rings is 1. The third kappa shape index (κ3) is 1.99. The molecule has 0 bridgehead atoms. The summed E-state index contributed by atoms with van der Waals surface area (Å²) in [5, 5.41) is 0. The Morgan fingerprint density at radius 3 is 2.64 bits per heavy atom. The van der Waals surface area contributed by atoms with E-state index in [2.05, 4.69) is 42.4 Å². The van der Waals surface area contributed by atoms with Gasteiger partial charge >= 0.3 is 0 Å². The first kappa shape index (κ1) is 8.95. The van der Waals surface area contributed by atoms with Crippen LogP contribution in [-0.4, -0.2) is 4.98 Å². The van der Waals surface area contributed by atoms with E-state index >= 15 is 0 Å². The number of hydrogen-bond donors (Lipinski definition) is 0. The smallest absolute Gasteiger partial charge is 0.0927 e. The van der Waals surface area contributed by atoms with Crippen molar-refractivity contribution in [3.8, 4) is 0 Å². The quantitative estimate of drug-likeness (QED) is 0.696. The second-order valence-electron chi connectivity index (χ2n) is 3.38. The maximum Gasteiger partial charge on any atom is 0.0927 e. The lowest BCUT2D eigenvalue weighted by atomic mass is 10.0. The van der Waals surface area contributed by atoms with Gasteiger partial charge in [0.1, 0.15) is 0 Å². The van der Waals surface area contributed by atoms with E-state index in [-0.39, 0.29) is 0 Å². The van der Waals surface area contributed by atoms with Crippen LogP contribution in [0.1, 0.15) is 16.7 Å². The van der Waals surface area contributed by atoms with Crippen LogP contribution in [0.15, 0.2) is 42.6 Å². The topological polar surface area (TPSA) is 12.9 Å². The van der Waals surface area contributed by atoms with Gasteiger partial charge in [0.25, 0.3) is 0 Å². The first-order valence-corrected chi connectivity index (χ1v) is 4.72. The van der Waals surface area contributed by atoms with Crippen molar-refractivity contribution in [1.29, 1.82) is 0 Å². The molecular weight excluding hydrogens is 170 g/mol. The first-order valence-electron chi connectivity index (χ1n) is 4.72. The van der Waals surface area contributed by atoms with Crippen LogP contribution in [0.25, 0.3) is 0 Å². The average Bonchev–Trinajstić information content (AvgIpc) is 2.23. The van der Waals surface area contributed by atoms with Crippen LogP contribution in [0, 0.1) is 13.1 Å². The molecule has 1 aromatic carbocycles. The van der Waals surface area contributed by atoms with Crippen LogP contribution in [0.3, 0.4) is 0 Å². The Balaban J connectivity index is 2.24. The van der Waals surface area contributed by atoms with Crippen molar-refractivity contribution in [3.63, 3.8) is 0 Å². The van der Waals surface area contributed by atoms with Gasteiger partial charge in [0, 0.05) is 6.20 Å². The standard InChI is InChI=1S/C13H12N/c1-11-7-8-14-10-13(11)9-12-5-3-2-4-6-12/h2-8H,9H2,1H3. The van der Waals surface area contributed by atoms with Crippen LogP contribution in [0.4, 0.5) is 0 Å². The van der Waals surface area contributed by atoms with Gasteiger partial charge in [-0.05, 0) is 36.1 Å². The molecule has 0 unspecified atom stereocenters. The largest absolute Gasteiger partial charge is 0.254 e.